The highest BCUT2D eigenvalue weighted by atomic mass is 127. The summed E-state index contributed by atoms with van der Waals surface area (Å²) in [6.07, 6.45) is 3.81. The molecule has 27 heavy (non-hydrogen) atoms. The van der Waals surface area contributed by atoms with Gasteiger partial charge in [-0.2, -0.15) is 0 Å². The number of carbonyl (C=O) groups is 1. The molecule has 3 rings (SSSR count). The summed E-state index contributed by atoms with van der Waals surface area (Å²) in [5.74, 6) is 0.602. The number of likely N-dealkylation sites (N-methyl/N-ethyl adjacent to an activating group) is 1. The maximum absolute atomic E-state index is 12.5. The molecule has 0 spiro atoms. The van der Waals surface area contributed by atoms with Crippen molar-refractivity contribution >= 4 is 28.4 Å². The van der Waals surface area contributed by atoms with Crippen molar-refractivity contribution in [2.75, 3.05) is 26.7 Å². The molecule has 1 N–H and O–H groups in total. The van der Waals surface area contributed by atoms with Gasteiger partial charge in [-0.05, 0) is 86.4 Å². The average Bonchev–Trinajstić information content (AvgIpc) is 2.65. The van der Waals surface area contributed by atoms with E-state index in [2.05, 4.69) is 70.6 Å². The van der Waals surface area contributed by atoms with Crippen LogP contribution in [0.1, 0.15) is 45.1 Å². The summed E-state index contributed by atoms with van der Waals surface area (Å²) in [6.45, 7) is 11.2. The molecule has 4 heteroatoms. The fraction of sp³-hybridized carbons (Fsp3) is 0.522. The number of nitrogens with zero attached hydrogens (tertiary/aromatic N) is 1. The Morgan fingerprint density at radius 2 is 1.89 bits per heavy atom. The van der Waals surface area contributed by atoms with Crippen LogP contribution in [0, 0.1) is 9.49 Å². The van der Waals surface area contributed by atoms with E-state index in [9.17, 15) is 4.79 Å². The van der Waals surface area contributed by atoms with E-state index in [0.29, 0.717) is 18.1 Å². The smallest absolute Gasteiger partial charge is 0.160 e. The van der Waals surface area contributed by atoms with Crippen LogP contribution in [0.4, 0.5) is 0 Å². The molecule has 1 aromatic rings. The first kappa shape index (κ1) is 20.6. The minimum atomic E-state index is 0.177. The highest BCUT2D eigenvalue weighted by Crippen LogP contribution is 2.39. The Hall–Kier alpha value is -1.14. The predicted octanol–water partition coefficient (Wildman–Crippen LogP) is 4.67. The van der Waals surface area contributed by atoms with Gasteiger partial charge < -0.3 is 10.2 Å². The Labute approximate surface area is 177 Å². The van der Waals surface area contributed by atoms with Gasteiger partial charge in [-0.1, -0.05) is 24.3 Å². The van der Waals surface area contributed by atoms with Gasteiger partial charge in [-0.3, -0.25) is 4.79 Å². The zero-order valence-electron chi connectivity index (χ0n) is 16.8. The normalized spacial score (nSPS) is 22.9. The van der Waals surface area contributed by atoms with E-state index >= 15 is 0 Å². The largest absolute Gasteiger partial charge is 0.374 e. The van der Waals surface area contributed by atoms with E-state index in [4.69, 9.17) is 0 Å². The van der Waals surface area contributed by atoms with Crippen LogP contribution in [0.5, 0.6) is 0 Å². The monoisotopic (exact) mass is 478 g/mol. The number of nitrogens with one attached hydrogen (secondary N) is 1. The molecule has 0 saturated carbocycles. The van der Waals surface area contributed by atoms with Crippen molar-refractivity contribution in [2.45, 2.75) is 44.9 Å². The van der Waals surface area contributed by atoms with Gasteiger partial charge in [0.1, 0.15) is 0 Å². The summed E-state index contributed by atoms with van der Waals surface area (Å²) in [7, 11) is 2.05. The molecule has 1 atom stereocenters. The Bertz CT molecular complexity index is 742. The third kappa shape index (κ3) is 4.32. The molecule has 0 radical (unpaired) electrons. The molecule has 1 saturated heterocycles. The van der Waals surface area contributed by atoms with Gasteiger partial charge in [0.05, 0.1) is 0 Å². The predicted molar refractivity (Wildman–Crippen MR) is 121 cm³/mol. The quantitative estimate of drug-likeness (QED) is 0.493. The average molecular weight is 478 g/mol. The molecule has 0 amide bonds. The Morgan fingerprint density at radius 3 is 2.44 bits per heavy atom. The number of hydrogen-bond acceptors (Lipinski definition) is 3. The van der Waals surface area contributed by atoms with E-state index < -0.39 is 0 Å². The fourth-order valence-electron chi connectivity index (χ4n) is 4.63. The van der Waals surface area contributed by atoms with Crippen LogP contribution in [0.15, 0.2) is 47.7 Å². The summed E-state index contributed by atoms with van der Waals surface area (Å²) in [5.41, 5.74) is 4.98. The first-order valence-electron chi connectivity index (χ1n) is 9.90. The highest BCUT2D eigenvalue weighted by molar-refractivity contribution is 14.1. The van der Waals surface area contributed by atoms with E-state index in [1.54, 1.807) is 0 Å². The highest BCUT2D eigenvalue weighted by Gasteiger charge is 2.38. The van der Waals surface area contributed by atoms with Crippen molar-refractivity contribution in [3.8, 4) is 0 Å². The van der Waals surface area contributed by atoms with Gasteiger partial charge in [-0.25, -0.2) is 0 Å². The summed E-state index contributed by atoms with van der Waals surface area (Å²) in [6, 6.07) is 9.01. The molecule has 1 unspecified atom stereocenters. The standard InChI is InChI=1S/C23H31IN2O/c1-16(2)18-13-21(17(3)22(27)14-18)26-11-9-23(10-12-26,15-25-4)19-5-7-20(24)8-6-19/h5-8,18,25H,1,9-15H2,2-4H3. The number of halogens is 1. The Morgan fingerprint density at radius 1 is 1.26 bits per heavy atom. The molecule has 2 aliphatic rings. The van der Waals surface area contributed by atoms with Gasteiger partial charge in [0.15, 0.2) is 5.78 Å². The molecule has 1 aliphatic carbocycles. The summed E-state index contributed by atoms with van der Waals surface area (Å²) >= 11 is 2.37. The van der Waals surface area contributed by atoms with Gasteiger partial charge >= 0.3 is 0 Å². The lowest BCUT2D eigenvalue weighted by molar-refractivity contribution is -0.116. The fourth-order valence-corrected chi connectivity index (χ4v) is 4.98. The number of likely N-dealkylation sites (tertiary alicyclic amines) is 1. The molecule has 1 aliphatic heterocycles. The summed E-state index contributed by atoms with van der Waals surface area (Å²) in [4.78, 5) is 15.0. The first-order chi connectivity index (χ1) is 12.9. The van der Waals surface area contributed by atoms with Crippen molar-refractivity contribution in [3.63, 3.8) is 0 Å². The third-order valence-corrected chi connectivity index (χ3v) is 7.21. The van der Waals surface area contributed by atoms with Crippen molar-refractivity contribution in [1.29, 1.82) is 0 Å². The summed E-state index contributed by atoms with van der Waals surface area (Å²) in [5, 5.41) is 3.43. The number of hydrogen-bond donors (Lipinski definition) is 1. The number of ketones is 1. The molecule has 1 aromatic carbocycles. The van der Waals surface area contributed by atoms with Crippen LogP contribution in [-0.4, -0.2) is 37.4 Å². The van der Waals surface area contributed by atoms with Crippen LogP contribution in [-0.2, 0) is 10.2 Å². The number of piperidine rings is 1. The number of allylic oxidation sites excluding steroid dienone is 3. The zero-order valence-corrected chi connectivity index (χ0v) is 18.9. The van der Waals surface area contributed by atoms with Crippen molar-refractivity contribution in [3.05, 3.63) is 56.8 Å². The second kappa shape index (κ2) is 8.48. The molecule has 1 fully saturated rings. The van der Waals surface area contributed by atoms with Gasteiger partial charge in [0, 0.05) is 46.3 Å². The van der Waals surface area contributed by atoms with E-state index in [1.165, 1.54) is 14.8 Å². The Kier molecular flexibility index (Phi) is 6.46. The van der Waals surface area contributed by atoms with Crippen LogP contribution in [0.25, 0.3) is 0 Å². The second-order valence-electron chi connectivity index (χ2n) is 8.25. The zero-order chi connectivity index (χ0) is 19.6. The van der Waals surface area contributed by atoms with Crippen molar-refractivity contribution in [2.24, 2.45) is 5.92 Å². The number of Topliss-reactive ketones (excluding diaryl/α,β-unsaturated/α-hetero) is 1. The maximum atomic E-state index is 12.5. The molecule has 3 nitrogen and oxygen atoms in total. The molecule has 146 valence electrons. The van der Waals surface area contributed by atoms with Gasteiger partial charge in [0.25, 0.3) is 0 Å². The van der Waals surface area contributed by atoms with E-state index in [1.807, 2.05) is 14.0 Å². The molecule has 0 aromatic heterocycles. The minimum Gasteiger partial charge on any atom is -0.374 e. The van der Waals surface area contributed by atoms with E-state index in [0.717, 1.165) is 50.0 Å². The van der Waals surface area contributed by atoms with Crippen LogP contribution >= 0.6 is 22.6 Å². The van der Waals surface area contributed by atoms with Crippen LogP contribution in [0.3, 0.4) is 0 Å². The maximum Gasteiger partial charge on any atom is 0.160 e. The SMILES string of the molecule is C=C(C)C1CC(=O)C(C)=C(N2CCC(CNC)(c3ccc(I)cc3)CC2)C1. The topological polar surface area (TPSA) is 32.3 Å². The van der Waals surface area contributed by atoms with Gasteiger partial charge in [0.2, 0.25) is 0 Å². The lowest BCUT2D eigenvalue weighted by Crippen LogP contribution is -2.47. The summed E-state index contributed by atoms with van der Waals surface area (Å²) < 4.78 is 1.28. The lowest BCUT2D eigenvalue weighted by Gasteiger charge is -2.45. The van der Waals surface area contributed by atoms with Gasteiger partial charge in [-0.15, -0.1) is 0 Å². The Balaban J connectivity index is 1.80. The van der Waals surface area contributed by atoms with Crippen molar-refractivity contribution in [1.82, 2.24) is 10.2 Å². The van der Waals surface area contributed by atoms with E-state index in [-0.39, 0.29) is 5.41 Å². The number of rotatable bonds is 5. The molecule has 1 heterocycles. The molecular formula is C23H31IN2O. The van der Waals surface area contributed by atoms with Crippen LogP contribution in [0.2, 0.25) is 0 Å². The minimum absolute atomic E-state index is 0.177. The molecule has 0 bridgehead atoms. The lowest BCUT2D eigenvalue weighted by atomic mass is 9.72. The second-order valence-corrected chi connectivity index (χ2v) is 9.50. The first-order valence-corrected chi connectivity index (χ1v) is 11.0. The third-order valence-electron chi connectivity index (χ3n) is 6.49. The molecular weight excluding hydrogens is 447 g/mol. The number of carbonyl (C=O) groups excluding carboxylic acids is 1. The van der Waals surface area contributed by atoms with Crippen molar-refractivity contribution < 1.29 is 4.79 Å². The number of benzene rings is 1. The van der Waals surface area contributed by atoms with Crippen LogP contribution < -0.4 is 5.32 Å².